The van der Waals surface area contributed by atoms with Gasteiger partial charge in [-0.2, -0.15) is 0 Å². The summed E-state index contributed by atoms with van der Waals surface area (Å²) in [6, 6.07) is 9.93. The molecule has 0 saturated carbocycles. The summed E-state index contributed by atoms with van der Waals surface area (Å²) >= 11 is 3.29. The Kier molecular flexibility index (Phi) is 5.48. The smallest absolute Gasteiger partial charge is 0.271 e. The van der Waals surface area contributed by atoms with Crippen LogP contribution in [0.4, 0.5) is 0 Å². The third-order valence-electron chi connectivity index (χ3n) is 2.69. The highest BCUT2D eigenvalue weighted by molar-refractivity contribution is 9.10. The van der Waals surface area contributed by atoms with Crippen molar-refractivity contribution in [2.75, 3.05) is 6.61 Å². The van der Waals surface area contributed by atoms with Crippen LogP contribution in [0.5, 0.6) is 5.88 Å². The molecule has 0 unspecified atom stereocenters. The van der Waals surface area contributed by atoms with Crippen molar-refractivity contribution in [3.8, 4) is 5.88 Å². The molecule has 0 aliphatic heterocycles. The first-order valence-electron chi connectivity index (χ1n) is 6.55. The first kappa shape index (κ1) is 16.0. The number of carbonyl (C=O) groups is 2. The largest absolute Gasteiger partial charge is 0.478 e. The van der Waals surface area contributed by atoms with Crippen molar-refractivity contribution in [2.45, 2.75) is 6.92 Å². The van der Waals surface area contributed by atoms with E-state index in [4.69, 9.17) is 4.74 Å². The van der Waals surface area contributed by atoms with Crippen molar-refractivity contribution in [2.24, 2.45) is 0 Å². The van der Waals surface area contributed by atoms with Gasteiger partial charge in [-0.15, -0.1) is 0 Å². The molecule has 22 heavy (non-hydrogen) atoms. The van der Waals surface area contributed by atoms with Crippen molar-refractivity contribution >= 4 is 27.7 Å². The molecule has 6 nitrogen and oxygen atoms in total. The van der Waals surface area contributed by atoms with Crippen LogP contribution in [0.1, 0.15) is 27.6 Å². The Bertz CT molecular complexity index is 657. The average Bonchev–Trinajstić information content (AvgIpc) is 2.54. The number of hydrogen-bond acceptors (Lipinski definition) is 4. The highest BCUT2D eigenvalue weighted by Gasteiger charge is 2.09. The molecule has 2 rings (SSSR count). The molecule has 114 valence electrons. The van der Waals surface area contributed by atoms with Crippen LogP contribution in [-0.4, -0.2) is 23.4 Å². The number of rotatable bonds is 4. The number of pyridine rings is 1. The molecule has 0 bridgehead atoms. The van der Waals surface area contributed by atoms with E-state index < -0.39 is 11.8 Å². The second-order valence-electron chi connectivity index (χ2n) is 4.23. The van der Waals surface area contributed by atoms with Crippen LogP contribution < -0.4 is 15.6 Å². The number of hydrogen-bond donors (Lipinski definition) is 2. The second-order valence-corrected chi connectivity index (χ2v) is 5.15. The maximum atomic E-state index is 11.9. The Morgan fingerprint density at radius 2 is 1.64 bits per heavy atom. The minimum Gasteiger partial charge on any atom is -0.478 e. The monoisotopic (exact) mass is 363 g/mol. The van der Waals surface area contributed by atoms with E-state index in [0.29, 0.717) is 23.6 Å². The fourth-order valence-electron chi connectivity index (χ4n) is 1.61. The second kappa shape index (κ2) is 7.56. The van der Waals surface area contributed by atoms with Gasteiger partial charge in [-0.05, 0) is 37.3 Å². The van der Waals surface area contributed by atoms with Gasteiger partial charge in [0.2, 0.25) is 5.88 Å². The quantitative estimate of drug-likeness (QED) is 0.816. The summed E-state index contributed by atoms with van der Waals surface area (Å²) in [6.45, 7) is 2.35. The van der Waals surface area contributed by atoms with Gasteiger partial charge in [0.1, 0.15) is 0 Å². The number of benzene rings is 1. The Labute approximate surface area is 136 Å². The van der Waals surface area contributed by atoms with E-state index in [1.54, 1.807) is 36.4 Å². The first-order chi connectivity index (χ1) is 10.6. The maximum absolute atomic E-state index is 11.9. The normalized spacial score (nSPS) is 9.91. The summed E-state index contributed by atoms with van der Waals surface area (Å²) in [5.41, 5.74) is 5.43. The van der Waals surface area contributed by atoms with Gasteiger partial charge in [0.25, 0.3) is 11.8 Å². The molecule has 0 atom stereocenters. The van der Waals surface area contributed by atoms with Crippen molar-refractivity contribution < 1.29 is 14.3 Å². The van der Waals surface area contributed by atoms with Crippen LogP contribution in [0.25, 0.3) is 0 Å². The zero-order valence-electron chi connectivity index (χ0n) is 11.8. The summed E-state index contributed by atoms with van der Waals surface area (Å²) in [7, 11) is 0. The Hall–Kier alpha value is -2.41. The van der Waals surface area contributed by atoms with Gasteiger partial charge >= 0.3 is 0 Å². The number of aromatic nitrogens is 1. The standard InChI is InChI=1S/C15H14BrN3O3/c1-2-22-13-8-5-11(9-17-13)15(21)19-18-14(20)10-3-6-12(16)7-4-10/h3-9H,2H2,1H3,(H,18,20)(H,19,21). The number of nitrogens with zero attached hydrogens (tertiary/aromatic N) is 1. The molecule has 0 spiro atoms. The number of hydrazine groups is 1. The Morgan fingerprint density at radius 3 is 2.18 bits per heavy atom. The van der Waals surface area contributed by atoms with E-state index in [2.05, 4.69) is 31.8 Å². The van der Waals surface area contributed by atoms with Gasteiger partial charge in [0, 0.05) is 22.3 Å². The lowest BCUT2D eigenvalue weighted by Crippen LogP contribution is -2.41. The SMILES string of the molecule is CCOc1ccc(C(=O)NNC(=O)c2ccc(Br)cc2)cn1. The zero-order chi connectivity index (χ0) is 15.9. The first-order valence-corrected chi connectivity index (χ1v) is 7.34. The molecule has 2 N–H and O–H groups in total. The van der Waals surface area contributed by atoms with E-state index in [9.17, 15) is 9.59 Å². The Balaban J connectivity index is 1.91. The van der Waals surface area contributed by atoms with Crippen molar-refractivity contribution in [1.29, 1.82) is 0 Å². The van der Waals surface area contributed by atoms with Crippen LogP contribution in [0, 0.1) is 0 Å². The molecular weight excluding hydrogens is 350 g/mol. The van der Waals surface area contributed by atoms with Crippen molar-refractivity contribution in [3.05, 3.63) is 58.2 Å². The van der Waals surface area contributed by atoms with Gasteiger partial charge in [-0.1, -0.05) is 15.9 Å². The molecule has 2 aromatic rings. The molecule has 1 aromatic carbocycles. The summed E-state index contributed by atoms with van der Waals surface area (Å²) < 4.78 is 6.06. The van der Waals surface area contributed by atoms with Crippen LogP contribution in [-0.2, 0) is 0 Å². The summed E-state index contributed by atoms with van der Waals surface area (Å²) in [5.74, 6) is -0.418. The fraction of sp³-hybridized carbons (Fsp3) is 0.133. The van der Waals surface area contributed by atoms with Gasteiger partial charge in [-0.3, -0.25) is 20.4 Å². The average molecular weight is 364 g/mol. The van der Waals surface area contributed by atoms with Crippen molar-refractivity contribution in [3.63, 3.8) is 0 Å². The molecule has 7 heteroatoms. The summed E-state index contributed by atoms with van der Waals surface area (Å²) in [4.78, 5) is 27.7. The van der Waals surface area contributed by atoms with E-state index in [0.717, 1.165) is 4.47 Å². The molecule has 2 amide bonds. The predicted octanol–water partition coefficient (Wildman–Crippen LogP) is 2.32. The molecule has 1 heterocycles. The third kappa shape index (κ3) is 4.29. The topological polar surface area (TPSA) is 80.3 Å². The number of ether oxygens (including phenoxy) is 1. The highest BCUT2D eigenvalue weighted by Crippen LogP contribution is 2.10. The lowest BCUT2D eigenvalue weighted by molar-refractivity contribution is 0.0846. The number of amides is 2. The maximum Gasteiger partial charge on any atom is 0.271 e. The van der Waals surface area contributed by atoms with Crippen LogP contribution >= 0.6 is 15.9 Å². The third-order valence-corrected chi connectivity index (χ3v) is 3.22. The lowest BCUT2D eigenvalue weighted by atomic mass is 10.2. The zero-order valence-corrected chi connectivity index (χ0v) is 13.4. The molecule has 1 aromatic heterocycles. The van der Waals surface area contributed by atoms with Gasteiger partial charge in [-0.25, -0.2) is 4.98 Å². The molecule has 0 radical (unpaired) electrons. The van der Waals surface area contributed by atoms with E-state index in [1.807, 2.05) is 6.92 Å². The van der Waals surface area contributed by atoms with Gasteiger partial charge < -0.3 is 4.74 Å². The lowest BCUT2D eigenvalue weighted by Gasteiger charge is -2.08. The number of carbonyl (C=O) groups excluding carboxylic acids is 2. The van der Waals surface area contributed by atoms with Gasteiger partial charge in [0.05, 0.1) is 12.2 Å². The van der Waals surface area contributed by atoms with E-state index in [-0.39, 0.29) is 0 Å². The number of nitrogens with one attached hydrogen (secondary N) is 2. The number of halogens is 1. The molecular formula is C15H14BrN3O3. The molecule has 0 fully saturated rings. The fourth-order valence-corrected chi connectivity index (χ4v) is 1.87. The summed E-state index contributed by atoms with van der Waals surface area (Å²) in [6.07, 6.45) is 1.38. The van der Waals surface area contributed by atoms with Crippen LogP contribution in [0.3, 0.4) is 0 Å². The predicted molar refractivity (Wildman–Crippen MR) is 84.5 cm³/mol. The summed E-state index contributed by atoms with van der Waals surface area (Å²) in [5, 5.41) is 0. The van der Waals surface area contributed by atoms with Crippen molar-refractivity contribution in [1.82, 2.24) is 15.8 Å². The molecule has 0 saturated heterocycles. The van der Waals surface area contributed by atoms with Crippen LogP contribution in [0.2, 0.25) is 0 Å². The molecule has 0 aliphatic rings. The van der Waals surface area contributed by atoms with E-state index in [1.165, 1.54) is 6.20 Å². The van der Waals surface area contributed by atoms with Crippen LogP contribution in [0.15, 0.2) is 47.1 Å². The highest BCUT2D eigenvalue weighted by atomic mass is 79.9. The van der Waals surface area contributed by atoms with E-state index >= 15 is 0 Å². The molecule has 0 aliphatic carbocycles. The minimum absolute atomic E-state index is 0.319. The minimum atomic E-state index is -0.457. The van der Waals surface area contributed by atoms with Gasteiger partial charge in [0.15, 0.2) is 0 Å². The Morgan fingerprint density at radius 1 is 1.05 bits per heavy atom.